The van der Waals surface area contributed by atoms with E-state index < -0.39 is 12.0 Å². The minimum atomic E-state index is -0.718. The second kappa shape index (κ2) is 6.96. The summed E-state index contributed by atoms with van der Waals surface area (Å²) >= 11 is 3.41. The normalized spacial score (nSPS) is 27.9. The fourth-order valence-electron chi connectivity index (χ4n) is 2.87. The molecule has 1 aromatic rings. The molecule has 0 saturated carbocycles. The maximum Gasteiger partial charge on any atom is 0.248 e. The fourth-order valence-corrected chi connectivity index (χ4v) is 3.14. The van der Waals surface area contributed by atoms with Crippen molar-refractivity contribution < 1.29 is 14.3 Å². The summed E-state index contributed by atoms with van der Waals surface area (Å²) in [6, 6.07) is 7.75. The number of nitrogens with one attached hydrogen (secondary N) is 2. The van der Waals surface area contributed by atoms with Gasteiger partial charge in [0.05, 0.1) is 13.2 Å². The molecule has 3 atom stereocenters. The summed E-state index contributed by atoms with van der Waals surface area (Å²) in [6.45, 7) is 1.02. The first-order chi connectivity index (χ1) is 11.0. The van der Waals surface area contributed by atoms with Gasteiger partial charge in [-0.1, -0.05) is 28.1 Å². The number of nitrogens with zero attached hydrogens (tertiary/aromatic N) is 1. The van der Waals surface area contributed by atoms with E-state index in [-0.39, 0.29) is 24.5 Å². The second-order valence-corrected chi connectivity index (χ2v) is 6.64. The van der Waals surface area contributed by atoms with Crippen LogP contribution in [0.3, 0.4) is 0 Å². The molecule has 2 saturated heterocycles. The molecule has 4 N–H and O–H groups in total. The Kier molecular flexibility index (Phi) is 4.96. The van der Waals surface area contributed by atoms with Crippen LogP contribution in [0.25, 0.3) is 0 Å². The van der Waals surface area contributed by atoms with Crippen LogP contribution in [0.4, 0.5) is 0 Å². The van der Waals surface area contributed by atoms with Gasteiger partial charge < -0.3 is 15.4 Å². The molecule has 2 fully saturated rings. The first-order valence-corrected chi connectivity index (χ1v) is 8.30. The van der Waals surface area contributed by atoms with Crippen LogP contribution in [0.1, 0.15) is 18.0 Å². The summed E-state index contributed by atoms with van der Waals surface area (Å²) < 4.78 is 6.29. The van der Waals surface area contributed by atoms with E-state index in [0.29, 0.717) is 19.6 Å². The summed E-state index contributed by atoms with van der Waals surface area (Å²) in [5, 5.41) is 0. The fraction of sp³-hybridized carbons (Fsp3) is 0.467. The number of nitrogens with two attached hydrogens (primary N) is 1. The highest BCUT2D eigenvalue weighted by molar-refractivity contribution is 9.10. The van der Waals surface area contributed by atoms with Crippen molar-refractivity contribution in [3.05, 3.63) is 34.3 Å². The Hall–Kier alpha value is -1.48. The van der Waals surface area contributed by atoms with Crippen molar-refractivity contribution in [2.75, 3.05) is 19.7 Å². The van der Waals surface area contributed by atoms with E-state index >= 15 is 0 Å². The van der Waals surface area contributed by atoms with Crippen molar-refractivity contribution >= 4 is 27.7 Å². The van der Waals surface area contributed by atoms with Crippen LogP contribution < -0.4 is 16.6 Å². The first kappa shape index (κ1) is 16.4. The van der Waals surface area contributed by atoms with Gasteiger partial charge in [-0.2, -0.15) is 0 Å². The van der Waals surface area contributed by atoms with Gasteiger partial charge in [0, 0.05) is 17.1 Å². The van der Waals surface area contributed by atoms with Gasteiger partial charge >= 0.3 is 0 Å². The number of primary amides is 1. The van der Waals surface area contributed by atoms with E-state index in [1.807, 2.05) is 24.3 Å². The van der Waals surface area contributed by atoms with E-state index in [1.54, 1.807) is 4.90 Å². The Labute approximate surface area is 142 Å². The highest BCUT2D eigenvalue weighted by Gasteiger charge is 2.35. The number of carbonyl (C=O) groups excluding carboxylic acids is 2. The van der Waals surface area contributed by atoms with E-state index in [2.05, 4.69) is 26.8 Å². The highest BCUT2D eigenvalue weighted by atomic mass is 79.9. The maximum absolute atomic E-state index is 12.6. The Balaban J connectivity index is 1.61. The molecule has 7 nitrogen and oxygen atoms in total. The van der Waals surface area contributed by atoms with Crippen molar-refractivity contribution in [2.24, 2.45) is 5.73 Å². The molecule has 23 heavy (non-hydrogen) atoms. The van der Waals surface area contributed by atoms with Crippen molar-refractivity contribution in [3.63, 3.8) is 0 Å². The van der Waals surface area contributed by atoms with E-state index in [0.717, 1.165) is 10.0 Å². The monoisotopic (exact) mass is 382 g/mol. The third-order valence-corrected chi connectivity index (χ3v) is 4.70. The van der Waals surface area contributed by atoms with E-state index in [4.69, 9.17) is 10.5 Å². The van der Waals surface area contributed by atoms with Crippen molar-refractivity contribution in [2.45, 2.75) is 24.6 Å². The molecule has 2 aliphatic heterocycles. The molecule has 3 unspecified atom stereocenters. The SMILES string of the molecule is NC(=O)C1CN(C(=O)C2CC(c3ccc(Br)cc3)NN2)CCO1. The van der Waals surface area contributed by atoms with Gasteiger partial charge in [0.2, 0.25) is 11.8 Å². The maximum atomic E-state index is 12.6. The topological polar surface area (TPSA) is 96.7 Å². The molecule has 2 amide bonds. The number of morpholine rings is 1. The molecule has 8 heteroatoms. The molecule has 0 radical (unpaired) electrons. The third kappa shape index (κ3) is 3.72. The number of amides is 2. The minimum absolute atomic E-state index is 0.0355. The van der Waals surface area contributed by atoms with Gasteiger partial charge in [0.15, 0.2) is 6.10 Å². The lowest BCUT2D eigenvalue weighted by Crippen LogP contribution is -2.54. The van der Waals surface area contributed by atoms with Gasteiger partial charge in [-0.05, 0) is 24.1 Å². The Morgan fingerprint density at radius 1 is 1.26 bits per heavy atom. The smallest absolute Gasteiger partial charge is 0.248 e. The first-order valence-electron chi connectivity index (χ1n) is 7.51. The van der Waals surface area contributed by atoms with E-state index in [1.165, 1.54) is 0 Å². The van der Waals surface area contributed by atoms with Gasteiger partial charge in [0.25, 0.3) is 0 Å². The van der Waals surface area contributed by atoms with Crippen LogP contribution in [0.2, 0.25) is 0 Å². The summed E-state index contributed by atoms with van der Waals surface area (Å²) in [6.07, 6.45) is -0.0664. The number of hydrazine groups is 1. The molecular formula is C15H19BrN4O3. The van der Waals surface area contributed by atoms with Gasteiger partial charge in [0.1, 0.15) is 6.04 Å². The number of carbonyl (C=O) groups is 2. The van der Waals surface area contributed by atoms with E-state index in [9.17, 15) is 9.59 Å². The van der Waals surface area contributed by atoms with Gasteiger partial charge in [-0.3, -0.25) is 9.59 Å². The minimum Gasteiger partial charge on any atom is -0.367 e. The second-order valence-electron chi connectivity index (χ2n) is 5.73. The molecule has 0 spiro atoms. The van der Waals surface area contributed by atoms with Crippen molar-refractivity contribution in [1.29, 1.82) is 0 Å². The van der Waals surface area contributed by atoms with Crippen LogP contribution in [-0.4, -0.2) is 48.6 Å². The number of halogens is 1. The zero-order chi connectivity index (χ0) is 16.4. The predicted octanol–water partition coefficient (Wildman–Crippen LogP) is 0.0694. The average molecular weight is 383 g/mol. The molecule has 2 aliphatic rings. The standard InChI is InChI=1S/C15H19BrN4O3/c16-10-3-1-9(2-4-10)11-7-12(19-18-11)15(22)20-5-6-23-13(8-20)14(17)21/h1-4,11-13,18-19H,5-8H2,(H2,17,21). The number of hydrogen-bond donors (Lipinski definition) is 3. The van der Waals surface area contributed by atoms with Crippen molar-refractivity contribution in [1.82, 2.24) is 15.8 Å². The molecule has 0 aromatic heterocycles. The number of benzene rings is 1. The molecule has 124 valence electrons. The van der Waals surface area contributed by atoms with Crippen LogP contribution in [-0.2, 0) is 14.3 Å². The summed E-state index contributed by atoms with van der Waals surface area (Å²) in [5.41, 5.74) is 12.6. The largest absolute Gasteiger partial charge is 0.367 e. The zero-order valence-electron chi connectivity index (χ0n) is 12.5. The number of ether oxygens (including phenoxy) is 1. The lowest BCUT2D eigenvalue weighted by Gasteiger charge is -2.32. The van der Waals surface area contributed by atoms with Crippen LogP contribution in [0.15, 0.2) is 28.7 Å². The average Bonchev–Trinajstić information content (AvgIpc) is 3.05. The molecule has 0 bridgehead atoms. The van der Waals surface area contributed by atoms with Crippen LogP contribution in [0, 0.1) is 0 Å². The van der Waals surface area contributed by atoms with Crippen LogP contribution in [0.5, 0.6) is 0 Å². The number of hydrogen-bond acceptors (Lipinski definition) is 5. The molecule has 3 rings (SSSR count). The molecule has 2 heterocycles. The zero-order valence-corrected chi connectivity index (χ0v) is 14.1. The highest BCUT2D eigenvalue weighted by Crippen LogP contribution is 2.24. The predicted molar refractivity (Wildman–Crippen MR) is 87.1 cm³/mol. The molecular weight excluding hydrogens is 364 g/mol. The summed E-state index contributed by atoms with van der Waals surface area (Å²) in [4.78, 5) is 25.5. The molecule has 1 aromatic carbocycles. The number of rotatable bonds is 3. The van der Waals surface area contributed by atoms with Crippen molar-refractivity contribution in [3.8, 4) is 0 Å². The summed E-state index contributed by atoms with van der Waals surface area (Å²) in [7, 11) is 0. The van der Waals surface area contributed by atoms with Gasteiger partial charge in [-0.25, -0.2) is 10.9 Å². The lowest BCUT2D eigenvalue weighted by atomic mass is 10.0. The van der Waals surface area contributed by atoms with Gasteiger partial charge in [-0.15, -0.1) is 0 Å². The van der Waals surface area contributed by atoms with Crippen LogP contribution >= 0.6 is 15.9 Å². The quantitative estimate of drug-likeness (QED) is 0.687. The Morgan fingerprint density at radius 2 is 2.00 bits per heavy atom. The molecule has 0 aliphatic carbocycles. The lowest BCUT2D eigenvalue weighted by molar-refractivity contribution is -0.146. The summed E-state index contributed by atoms with van der Waals surface area (Å²) in [5.74, 6) is -0.570. The third-order valence-electron chi connectivity index (χ3n) is 4.17. The Morgan fingerprint density at radius 3 is 2.70 bits per heavy atom. The Bertz CT molecular complexity index is 595.